The SMILES string of the molecule is CCCCC/C=C\CCCCCCCC(=O)OCC(COC(=O)CCCCCCCCCCCCCCCCCCCCCCCCCCCCCC)OC(=O)CCCCCCCC/C=C\C/C=C\C/C=C\CCCCCCC. The number of hydrogen-bond acceptors (Lipinski definition) is 6. The molecule has 79 heavy (non-hydrogen) atoms. The highest BCUT2D eigenvalue weighted by molar-refractivity contribution is 5.71. The summed E-state index contributed by atoms with van der Waals surface area (Å²) in [6.45, 7) is 6.65. The van der Waals surface area contributed by atoms with Crippen LogP contribution in [0.2, 0.25) is 0 Å². The summed E-state index contributed by atoms with van der Waals surface area (Å²) in [5, 5.41) is 0. The Morgan fingerprint density at radius 2 is 0.456 bits per heavy atom. The van der Waals surface area contributed by atoms with Gasteiger partial charge in [0.1, 0.15) is 13.2 Å². The molecule has 0 aromatic rings. The fourth-order valence-corrected chi connectivity index (χ4v) is 10.5. The van der Waals surface area contributed by atoms with E-state index in [1.807, 2.05) is 0 Å². The highest BCUT2D eigenvalue weighted by atomic mass is 16.6. The number of carbonyl (C=O) groups excluding carboxylic acids is 3. The molecule has 0 saturated heterocycles. The molecule has 6 heteroatoms. The third-order valence-corrected chi connectivity index (χ3v) is 15.8. The quantitative estimate of drug-likeness (QED) is 0.0261. The highest BCUT2D eigenvalue weighted by Crippen LogP contribution is 2.18. The summed E-state index contributed by atoms with van der Waals surface area (Å²) in [4.78, 5) is 38.4. The van der Waals surface area contributed by atoms with E-state index in [4.69, 9.17) is 14.2 Å². The lowest BCUT2D eigenvalue weighted by atomic mass is 10.0. The van der Waals surface area contributed by atoms with E-state index in [1.54, 1.807) is 0 Å². The summed E-state index contributed by atoms with van der Waals surface area (Å²) < 4.78 is 16.9. The minimum Gasteiger partial charge on any atom is -0.462 e. The predicted octanol–water partition coefficient (Wildman–Crippen LogP) is 24.1. The molecule has 1 atom stereocenters. The fourth-order valence-electron chi connectivity index (χ4n) is 10.5. The molecule has 0 aromatic heterocycles. The van der Waals surface area contributed by atoms with E-state index in [9.17, 15) is 14.4 Å². The van der Waals surface area contributed by atoms with Crippen molar-refractivity contribution < 1.29 is 28.6 Å². The van der Waals surface area contributed by atoms with Crippen LogP contribution < -0.4 is 0 Å². The van der Waals surface area contributed by atoms with Crippen LogP contribution in [-0.2, 0) is 28.6 Å². The fraction of sp³-hybridized carbons (Fsp3) is 0.849. The van der Waals surface area contributed by atoms with Gasteiger partial charge in [-0.25, -0.2) is 0 Å². The third-order valence-electron chi connectivity index (χ3n) is 15.8. The standard InChI is InChI=1S/C73H134O6/c1-4-7-10-13-16-19-22-25-27-29-31-33-34-35-36-37-38-39-41-42-44-46-48-51-54-57-60-63-66-72(75)78-69-70(68-77-71(74)65-62-59-56-53-50-24-21-18-15-12-9-6-3)79-73(76)67-64-61-58-55-52-49-47-45-43-40-32-30-28-26-23-20-17-14-11-8-5-2/h18,21,23,26,30,32,43,45,70H,4-17,19-20,22,24-25,27-29,31,33-42,44,46-69H2,1-3H3/b21-18-,26-23-,32-30-,45-43-. The molecule has 0 aliphatic rings. The first-order chi connectivity index (χ1) is 39.0. The van der Waals surface area contributed by atoms with E-state index < -0.39 is 6.10 Å². The monoisotopic (exact) mass is 1110 g/mol. The van der Waals surface area contributed by atoms with Gasteiger partial charge >= 0.3 is 17.9 Å². The molecule has 0 rings (SSSR count). The number of esters is 3. The molecular weight excluding hydrogens is 973 g/mol. The zero-order chi connectivity index (χ0) is 57.1. The molecule has 0 heterocycles. The van der Waals surface area contributed by atoms with Crippen LogP contribution in [0.3, 0.4) is 0 Å². The maximum absolute atomic E-state index is 12.9. The van der Waals surface area contributed by atoms with Crippen molar-refractivity contribution in [2.75, 3.05) is 13.2 Å². The zero-order valence-electron chi connectivity index (χ0n) is 53.2. The van der Waals surface area contributed by atoms with Crippen LogP contribution >= 0.6 is 0 Å². The van der Waals surface area contributed by atoms with Gasteiger partial charge in [-0.1, -0.05) is 326 Å². The van der Waals surface area contributed by atoms with E-state index in [0.717, 1.165) is 83.5 Å². The molecule has 0 saturated carbocycles. The van der Waals surface area contributed by atoms with E-state index in [-0.39, 0.29) is 31.1 Å². The predicted molar refractivity (Wildman–Crippen MR) is 344 cm³/mol. The largest absolute Gasteiger partial charge is 0.462 e. The topological polar surface area (TPSA) is 78.9 Å². The van der Waals surface area contributed by atoms with Gasteiger partial charge in [-0.05, 0) is 83.5 Å². The molecule has 0 bridgehead atoms. The van der Waals surface area contributed by atoms with E-state index >= 15 is 0 Å². The normalized spacial score (nSPS) is 12.3. The summed E-state index contributed by atoms with van der Waals surface area (Å²) in [6, 6.07) is 0. The van der Waals surface area contributed by atoms with Gasteiger partial charge in [-0.3, -0.25) is 14.4 Å². The number of unbranched alkanes of at least 4 members (excludes halogenated alkanes) is 46. The molecule has 0 aromatic carbocycles. The van der Waals surface area contributed by atoms with Crippen LogP contribution in [0.25, 0.3) is 0 Å². The molecule has 0 aliphatic carbocycles. The second-order valence-electron chi connectivity index (χ2n) is 23.8. The second-order valence-corrected chi connectivity index (χ2v) is 23.8. The van der Waals surface area contributed by atoms with Crippen LogP contribution in [0.1, 0.15) is 380 Å². The highest BCUT2D eigenvalue weighted by Gasteiger charge is 2.19. The van der Waals surface area contributed by atoms with Crippen LogP contribution in [0, 0.1) is 0 Å². The van der Waals surface area contributed by atoms with Crippen molar-refractivity contribution in [1.29, 1.82) is 0 Å². The molecule has 0 spiro atoms. The van der Waals surface area contributed by atoms with Crippen molar-refractivity contribution in [3.63, 3.8) is 0 Å². The van der Waals surface area contributed by atoms with Crippen molar-refractivity contribution in [3.8, 4) is 0 Å². The Hall–Kier alpha value is -2.63. The second kappa shape index (κ2) is 67.9. The molecule has 462 valence electrons. The average Bonchev–Trinajstić information content (AvgIpc) is 3.45. The molecule has 0 amide bonds. The van der Waals surface area contributed by atoms with Gasteiger partial charge < -0.3 is 14.2 Å². The minimum atomic E-state index is -0.783. The molecule has 0 fully saturated rings. The summed E-state index contributed by atoms with van der Waals surface area (Å²) >= 11 is 0. The van der Waals surface area contributed by atoms with Gasteiger partial charge in [-0.2, -0.15) is 0 Å². The van der Waals surface area contributed by atoms with Crippen LogP contribution in [0.5, 0.6) is 0 Å². The lowest BCUT2D eigenvalue weighted by Crippen LogP contribution is -2.30. The lowest BCUT2D eigenvalue weighted by Gasteiger charge is -2.18. The van der Waals surface area contributed by atoms with Gasteiger partial charge in [0, 0.05) is 19.3 Å². The van der Waals surface area contributed by atoms with Crippen molar-refractivity contribution in [3.05, 3.63) is 48.6 Å². The number of allylic oxidation sites excluding steroid dienone is 8. The Bertz CT molecular complexity index is 1360. The first kappa shape index (κ1) is 76.4. The lowest BCUT2D eigenvalue weighted by molar-refractivity contribution is -0.167. The van der Waals surface area contributed by atoms with E-state index in [2.05, 4.69) is 69.4 Å². The number of carbonyl (C=O) groups is 3. The first-order valence-corrected chi connectivity index (χ1v) is 35.1. The Kier molecular flexibility index (Phi) is 65.6. The van der Waals surface area contributed by atoms with Gasteiger partial charge in [-0.15, -0.1) is 0 Å². The summed E-state index contributed by atoms with van der Waals surface area (Å²) in [5.74, 6) is -0.877. The Morgan fingerprint density at radius 1 is 0.253 bits per heavy atom. The van der Waals surface area contributed by atoms with Crippen LogP contribution in [-0.4, -0.2) is 37.2 Å². The maximum atomic E-state index is 12.9. The molecular formula is C73H134O6. The first-order valence-electron chi connectivity index (χ1n) is 35.1. The summed E-state index contributed by atoms with van der Waals surface area (Å²) in [5.41, 5.74) is 0. The van der Waals surface area contributed by atoms with Gasteiger partial charge in [0.05, 0.1) is 0 Å². The zero-order valence-corrected chi connectivity index (χ0v) is 53.2. The molecule has 6 nitrogen and oxygen atoms in total. The number of hydrogen-bond donors (Lipinski definition) is 0. The third kappa shape index (κ3) is 66.1. The number of rotatable bonds is 65. The summed E-state index contributed by atoms with van der Waals surface area (Å²) in [6.07, 6.45) is 85.8. The Morgan fingerprint density at radius 3 is 0.747 bits per heavy atom. The van der Waals surface area contributed by atoms with Crippen molar-refractivity contribution in [1.82, 2.24) is 0 Å². The Balaban J connectivity index is 4.21. The van der Waals surface area contributed by atoms with E-state index in [1.165, 1.54) is 257 Å². The van der Waals surface area contributed by atoms with E-state index in [0.29, 0.717) is 19.3 Å². The summed E-state index contributed by atoms with van der Waals surface area (Å²) in [7, 11) is 0. The molecule has 0 N–H and O–H groups in total. The van der Waals surface area contributed by atoms with Gasteiger partial charge in [0.2, 0.25) is 0 Å². The van der Waals surface area contributed by atoms with Crippen molar-refractivity contribution >= 4 is 17.9 Å². The number of ether oxygens (including phenoxy) is 3. The molecule has 0 aliphatic heterocycles. The minimum absolute atomic E-state index is 0.0776. The van der Waals surface area contributed by atoms with Gasteiger partial charge in [0.25, 0.3) is 0 Å². The van der Waals surface area contributed by atoms with Gasteiger partial charge in [0.15, 0.2) is 6.10 Å². The smallest absolute Gasteiger partial charge is 0.306 e. The van der Waals surface area contributed by atoms with Crippen LogP contribution in [0.4, 0.5) is 0 Å². The Labute approximate surface area is 492 Å². The molecule has 1 unspecified atom stereocenters. The van der Waals surface area contributed by atoms with Crippen molar-refractivity contribution in [2.45, 2.75) is 386 Å². The maximum Gasteiger partial charge on any atom is 0.306 e. The van der Waals surface area contributed by atoms with Crippen LogP contribution in [0.15, 0.2) is 48.6 Å². The van der Waals surface area contributed by atoms with Crippen molar-refractivity contribution in [2.24, 2.45) is 0 Å². The molecule has 0 radical (unpaired) electrons. The average molecular weight is 1110 g/mol.